The zero-order valence-electron chi connectivity index (χ0n) is 9.15. The molecule has 2 rings (SSSR count). The van der Waals surface area contributed by atoms with Gasteiger partial charge in [-0.2, -0.15) is 0 Å². The van der Waals surface area contributed by atoms with Gasteiger partial charge in [-0.15, -0.1) is 0 Å². The van der Waals surface area contributed by atoms with Gasteiger partial charge in [-0.05, 0) is 43.4 Å². The van der Waals surface area contributed by atoms with E-state index in [-0.39, 0.29) is 6.10 Å². The van der Waals surface area contributed by atoms with Gasteiger partial charge in [0.15, 0.2) is 0 Å². The second-order valence-electron chi connectivity index (χ2n) is 4.14. The van der Waals surface area contributed by atoms with E-state index in [1.165, 1.54) is 6.42 Å². The molecule has 0 saturated heterocycles. The number of hydrogen-bond donors (Lipinski definition) is 1. The molecule has 0 amide bonds. The highest BCUT2D eigenvalue weighted by Gasteiger charge is 2.26. The van der Waals surface area contributed by atoms with Gasteiger partial charge in [-0.25, -0.2) is 0 Å². The first kappa shape index (κ1) is 10.5. The van der Waals surface area contributed by atoms with Crippen LogP contribution in [0.1, 0.15) is 37.9 Å². The maximum Gasteiger partial charge on any atom is 0.119 e. The Morgan fingerprint density at radius 3 is 2.87 bits per heavy atom. The monoisotopic (exact) mass is 206 g/mol. The van der Waals surface area contributed by atoms with E-state index in [1.54, 1.807) is 0 Å². The van der Waals surface area contributed by atoms with Crippen LogP contribution in [0, 0.1) is 5.92 Å². The number of ether oxygens (including phenoxy) is 1. The summed E-state index contributed by atoms with van der Waals surface area (Å²) in [6, 6.07) is 7.81. The van der Waals surface area contributed by atoms with Crippen LogP contribution >= 0.6 is 0 Å². The Morgan fingerprint density at radius 1 is 1.47 bits per heavy atom. The minimum absolute atomic E-state index is 0.306. The van der Waals surface area contributed by atoms with Crippen LogP contribution in [0.5, 0.6) is 5.75 Å². The van der Waals surface area contributed by atoms with E-state index < -0.39 is 0 Å². The van der Waals surface area contributed by atoms with Crippen molar-refractivity contribution in [2.45, 2.75) is 32.3 Å². The summed E-state index contributed by atoms with van der Waals surface area (Å²) >= 11 is 0. The van der Waals surface area contributed by atoms with Gasteiger partial charge < -0.3 is 9.84 Å². The average molecular weight is 206 g/mol. The van der Waals surface area contributed by atoms with Crippen molar-refractivity contribution in [3.8, 4) is 5.75 Å². The van der Waals surface area contributed by atoms with E-state index in [4.69, 9.17) is 4.74 Å². The molecule has 2 nitrogen and oxygen atoms in total. The quantitative estimate of drug-likeness (QED) is 0.820. The molecule has 2 heteroatoms. The lowest BCUT2D eigenvalue weighted by Crippen LogP contribution is -2.19. The molecule has 1 aromatic carbocycles. The molecule has 1 aliphatic carbocycles. The van der Waals surface area contributed by atoms with Crippen LogP contribution in [0.25, 0.3) is 0 Å². The predicted octanol–water partition coefficient (Wildman–Crippen LogP) is 2.92. The third kappa shape index (κ3) is 2.32. The minimum Gasteiger partial charge on any atom is -0.494 e. The molecule has 82 valence electrons. The van der Waals surface area contributed by atoms with Gasteiger partial charge in [0.05, 0.1) is 12.7 Å². The Hall–Kier alpha value is -1.02. The van der Waals surface area contributed by atoms with Crippen LogP contribution in [0.4, 0.5) is 0 Å². The summed E-state index contributed by atoms with van der Waals surface area (Å²) in [5, 5.41) is 10.1. The predicted molar refractivity (Wildman–Crippen MR) is 59.9 cm³/mol. The number of aliphatic hydroxyl groups is 1. The molecule has 1 saturated carbocycles. The topological polar surface area (TPSA) is 29.5 Å². The van der Waals surface area contributed by atoms with E-state index in [0.717, 1.165) is 24.2 Å². The highest BCUT2D eigenvalue weighted by atomic mass is 16.5. The van der Waals surface area contributed by atoms with Gasteiger partial charge in [-0.1, -0.05) is 18.6 Å². The molecular formula is C13H18O2. The van der Waals surface area contributed by atoms with E-state index in [2.05, 4.69) is 0 Å². The fraction of sp³-hybridized carbons (Fsp3) is 0.538. The van der Waals surface area contributed by atoms with E-state index >= 15 is 0 Å². The summed E-state index contributed by atoms with van der Waals surface area (Å²) in [5.41, 5.74) is 0.991. The summed E-state index contributed by atoms with van der Waals surface area (Å²) in [6.45, 7) is 2.64. The zero-order valence-corrected chi connectivity index (χ0v) is 9.15. The highest BCUT2D eigenvalue weighted by Crippen LogP contribution is 2.38. The summed E-state index contributed by atoms with van der Waals surface area (Å²) in [5.74, 6) is 1.32. The Balaban J connectivity index is 2.09. The summed E-state index contributed by atoms with van der Waals surface area (Å²) in [7, 11) is 0. The van der Waals surface area contributed by atoms with E-state index in [1.807, 2.05) is 31.2 Å². The molecule has 0 aliphatic heterocycles. The van der Waals surface area contributed by atoms with Gasteiger partial charge in [-0.3, -0.25) is 0 Å². The first-order valence-electron chi connectivity index (χ1n) is 5.72. The normalized spacial score (nSPS) is 18.3. The molecule has 15 heavy (non-hydrogen) atoms. The van der Waals surface area contributed by atoms with Crippen LogP contribution in [0.15, 0.2) is 24.3 Å². The van der Waals surface area contributed by atoms with Gasteiger partial charge in [0, 0.05) is 0 Å². The summed E-state index contributed by atoms with van der Waals surface area (Å²) in [6.07, 6.45) is 3.26. The lowest BCUT2D eigenvalue weighted by Gasteiger charge is -2.30. The highest BCUT2D eigenvalue weighted by molar-refractivity contribution is 5.30. The van der Waals surface area contributed by atoms with Crippen LogP contribution in [0.3, 0.4) is 0 Å². The molecule has 1 aromatic rings. The van der Waals surface area contributed by atoms with Crippen molar-refractivity contribution in [3.05, 3.63) is 29.8 Å². The number of aliphatic hydroxyl groups excluding tert-OH is 1. The molecular weight excluding hydrogens is 188 g/mol. The Kier molecular flexibility index (Phi) is 3.27. The van der Waals surface area contributed by atoms with Crippen LogP contribution in [0.2, 0.25) is 0 Å². The number of rotatable bonds is 4. The summed E-state index contributed by atoms with van der Waals surface area (Å²) < 4.78 is 5.42. The molecule has 0 spiro atoms. The molecule has 0 bridgehead atoms. The molecule has 1 N–H and O–H groups in total. The van der Waals surface area contributed by atoms with Crippen molar-refractivity contribution >= 4 is 0 Å². The Labute approximate surface area is 90.9 Å². The largest absolute Gasteiger partial charge is 0.494 e. The van der Waals surface area contributed by atoms with Crippen molar-refractivity contribution in [2.24, 2.45) is 5.92 Å². The van der Waals surface area contributed by atoms with Crippen LogP contribution in [-0.4, -0.2) is 11.7 Å². The van der Waals surface area contributed by atoms with E-state index in [0.29, 0.717) is 12.5 Å². The third-order valence-corrected chi connectivity index (χ3v) is 3.11. The summed E-state index contributed by atoms with van der Waals surface area (Å²) in [4.78, 5) is 0. The molecule has 1 fully saturated rings. The third-order valence-electron chi connectivity index (χ3n) is 3.11. The van der Waals surface area contributed by atoms with Crippen molar-refractivity contribution in [1.29, 1.82) is 0 Å². The first-order chi connectivity index (χ1) is 7.31. The smallest absolute Gasteiger partial charge is 0.119 e. The second-order valence-corrected chi connectivity index (χ2v) is 4.14. The second kappa shape index (κ2) is 4.67. The molecule has 1 unspecified atom stereocenters. The van der Waals surface area contributed by atoms with Crippen molar-refractivity contribution < 1.29 is 9.84 Å². The lowest BCUT2D eigenvalue weighted by atomic mass is 9.79. The zero-order chi connectivity index (χ0) is 10.7. The Bertz CT molecular complexity index is 318. The van der Waals surface area contributed by atoms with Gasteiger partial charge >= 0.3 is 0 Å². The molecule has 0 radical (unpaired) electrons. The lowest BCUT2D eigenvalue weighted by molar-refractivity contribution is 0.0619. The number of benzene rings is 1. The number of hydrogen-bond acceptors (Lipinski definition) is 2. The standard InChI is InChI=1S/C13H18O2/c1-2-15-12-8-4-7-11(9-12)13(14)10-5-3-6-10/h4,7-10,13-14H,2-3,5-6H2,1H3. The van der Waals surface area contributed by atoms with E-state index in [9.17, 15) is 5.11 Å². The van der Waals surface area contributed by atoms with Gasteiger partial charge in [0.1, 0.15) is 5.75 Å². The maximum absolute atomic E-state index is 10.1. The van der Waals surface area contributed by atoms with Crippen LogP contribution in [-0.2, 0) is 0 Å². The van der Waals surface area contributed by atoms with Crippen molar-refractivity contribution in [3.63, 3.8) is 0 Å². The first-order valence-corrected chi connectivity index (χ1v) is 5.72. The minimum atomic E-state index is -0.306. The molecule has 0 heterocycles. The Morgan fingerprint density at radius 2 is 2.27 bits per heavy atom. The molecule has 0 aromatic heterocycles. The molecule has 1 aliphatic rings. The maximum atomic E-state index is 10.1. The van der Waals surface area contributed by atoms with Crippen molar-refractivity contribution in [2.75, 3.05) is 6.61 Å². The fourth-order valence-corrected chi connectivity index (χ4v) is 1.98. The van der Waals surface area contributed by atoms with Gasteiger partial charge in [0.25, 0.3) is 0 Å². The average Bonchev–Trinajstić information content (AvgIpc) is 2.16. The molecule has 1 atom stereocenters. The van der Waals surface area contributed by atoms with Crippen LogP contribution < -0.4 is 4.74 Å². The SMILES string of the molecule is CCOc1cccc(C(O)C2CCC2)c1. The fourth-order valence-electron chi connectivity index (χ4n) is 1.98. The van der Waals surface area contributed by atoms with Gasteiger partial charge in [0.2, 0.25) is 0 Å². The van der Waals surface area contributed by atoms with Crippen molar-refractivity contribution in [1.82, 2.24) is 0 Å².